The SMILES string of the molecule is CCNC(=NCCN(C)CC(F)(F)F)NC1CCN(c2cccs2)CC1.I. The van der Waals surface area contributed by atoms with Crippen LogP contribution in [0.25, 0.3) is 0 Å². The third-order valence-corrected chi connectivity index (χ3v) is 5.13. The van der Waals surface area contributed by atoms with Gasteiger partial charge in [-0.05, 0) is 44.3 Å². The Balaban J connectivity index is 0.00000364. The third kappa shape index (κ3) is 9.33. The summed E-state index contributed by atoms with van der Waals surface area (Å²) in [7, 11) is 1.46. The van der Waals surface area contributed by atoms with Crippen molar-refractivity contribution in [3.8, 4) is 0 Å². The minimum absolute atomic E-state index is 0. The predicted octanol–water partition coefficient (Wildman–Crippen LogP) is 3.38. The van der Waals surface area contributed by atoms with Crippen molar-refractivity contribution in [1.29, 1.82) is 0 Å². The van der Waals surface area contributed by atoms with Gasteiger partial charge in [-0.2, -0.15) is 13.2 Å². The van der Waals surface area contributed by atoms with Crippen LogP contribution in [0.4, 0.5) is 18.2 Å². The Morgan fingerprint density at radius 1 is 1.37 bits per heavy atom. The number of nitrogens with one attached hydrogen (secondary N) is 2. The Kier molecular flexibility index (Phi) is 10.7. The van der Waals surface area contributed by atoms with Crippen molar-refractivity contribution in [2.24, 2.45) is 4.99 Å². The van der Waals surface area contributed by atoms with Gasteiger partial charge in [-0.3, -0.25) is 9.89 Å². The standard InChI is InChI=1S/C17H28F3N5S.HI/c1-3-21-16(22-8-11-24(2)13-17(18,19)20)23-14-6-9-25(10-7-14)15-5-4-12-26-15;/h4-5,12,14H,3,6-11,13H2,1-2H3,(H2,21,22,23);1H. The number of alkyl halides is 3. The van der Waals surface area contributed by atoms with Gasteiger partial charge in [0.2, 0.25) is 0 Å². The van der Waals surface area contributed by atoms with Crippen molar-refractivity contribution in [1.82, 2.24) is 15.5 Å². The number of hydrogen-bond donors (Lipinski definition) is 2. The number of halogens is 4. The first-order valence-electron chi connectivity index (χ1n) is 8.96. The van der Waals surface area contributed by atoms with Crippen molar-refractivity contribution >= 4 is 46.3 Å². The lowest BCUT2D eigenvalue weighted by Gasteiger charge is -2.33. The monoisotopic (exact) mass is 519 g/mol. The fourth-order valence-corrected chi connectivity index (χ4v) is 3.71. The molecular formula is C17H29F3IN5S. The molecule has 10 heteroatoms. The molecule has 2 N–H and O–H groups in total. The number of aliphatic imine (C=N–C) groups is 1. The van der Waals surface area contributed by atoms with Crippen LogP contribution >= 0.6 is 35.3 Å². The Bertz CT molecular complexity index is 545. The highest BCUT2D eigenvalue weighted by molar-refractivity contribution is 14.0. The van der Waals surface area contributed by atoms with Gasteiger partial charge in [0, 0.05) is 32.2 Å². The number of thiophene rings is 1. The molecular weight excluding hydrogens is 490 g/mol. The van der Waals surface area contributed by atoms with Crippen LogP contribution in [0.3, 0.4) is 0 Å². The number of likely N-dealkylation sites (N-methyl/N-ethyl adjacent to an activating group) is 1. The summed E-state index contributed by atoms with van der Waals surface area (Å²) in [4.78, 5) is 8.05. The molecule has 2 heterocycles. The van der Waals surface area contributed by atoms with Gasteiger partial charge in [-0.25, -0.2) is 0 Å². The molecule has 27 heavy (non-hydrogen) atoms. The van der Waals surface area contributed by atoms with E-state index in [1.807, 2.05) is 6.92 Å². The van der Waals surface area contributed by atoms with Crippen LogP contribution in [0, 0.1) is 0 Å². The first-order valence-corrected chi connectivity index (χ1v) is 9.84. The molecule has 1 aromatic heterocycles. The Hall–Kier alpha value is -0.750. The van der Waals surface area contributed by atoms with Crippen molar-refractivity contribution in [2.45, 2.75) is 32.0 Å². The summed E-state index contributed by atoms with van der Waals surface area (Å²) in [6, 6.07) is 4.54. The molecule has 0 spiro atoms. The van der Waals surface area contributed by atoms with E-state index < -0.39 is 12.7 Å². The van der Waals surface area contributed by atoms with Crippen LogP contribution in [-0.4, -0.2) is 69.4 Å². The average Bonchev–Trinajstić information content (AvgIpc) is 3.08. The molecule has 5 nitrogen and oxygen atoms in total. The fourth-order valence-electron chi connectivity index (χ4n) is 2.93. The second-order valence-corrected chi connectivity index (χ2v) is 7.40. The molecule has 0 unspecified atom stereocenters. The fraction of sp³-hybridized carbons (Fsp3) is 0.706. The number of piperidine rings is 1. The van der Waals surface area contributed by atoms with Crippen LogP contribution in [-0.2, 0) is 0 Å². The normalized spacial score (nSPS) is 16.4. The maximum Gasteiger partial charge on any atom is 0.401 e. The Morgan fingerprint density at radius 2 is 2.07 bits per heavy atom. The summed E-state index contributed by atoms with van der Waals surface area (Å²) in [5.74, 6) is 0.683. The van der Waals surface area contributed by atoms with Gasteiger partial charge in [-0.1, -0.05) is 0 Å². The van der Waals surface area contributed by atoms with Crippen molar-refractivity contribution in [2.75, 3.05) is 51.2 Å². The quantitative estimate of drug-likeness (QED) is 0.330. The Labute approximate surface area is 180 Å². The summed E-state index contributed by atoms with van der Waals surface area (Å²) >= 11 is 1.75. The summed E-state index contributed by atoms with van der Waals surface area (Å²) in [6.07, 6.45) is -2.15. The van der Waals surface area contributed by atoms with Gasteiger partial charge in [0.15, 0.2) is 5.96 Å². The molecule has 1 aliphatic rings. The lowest BCUT2D eigenvalue weighted by Crippen LogP contribution is -2.48. The Morgan fingerprint density at radius 3 is 2.63 bits per heavy atom. The number of anilines is 1. The lowest BCUT2D eigenvalue weighted by molar-refractivity contribution is -0.142. The van der Waals surface area contributed by atoms with E-state index >= 15 is 0 Å². The first-order chi connectivity index (χ1) is 12.4. The maximum atomic E-state index is 12.3. The van der Waals surface area contributed by atoms with E-state index in [2.05, 4.69) is 38.0 Å². The van der Waals surface area contributed by atoms with E-state index in [0.29, 0.717) is 18.5 Å². The molecule has 0 bridgehead atoms. The van der Waals surface area contributed by atoms with Crippen LogP contribution in [0.1, 0.15) is 19.8 Å². The van der Waals surface area contributed by atoms with E-state index in [1.165, 1.54) is 16.9 Å². The van der Waals surface area contributed by atoms with E-state index in [9.17, 15) is 13.2 Å². The first kappa shape index (κ1) is 24.3. The smallest absolute Gasteiger partial charge is 0.363 e. The number of guanidine groups is 1. The van der Waals surface area contributed by atoms with Gasteiger partial charge < -0.3 is 15.5 Å². The van der Waals surface area contributed by atoms with E-state index in [1.54, 1.807) is 11.3 Å². The van der Waals surface area contributed by atoms with Crippen molar-refractivity contribution < 1.29 is 13.2 Å². The maximum absolute atomic E-state index is 12.3. The highest BCUT2D eigenvalue weighted by Crippen LogP contribution is 2.24. The van der Waals surface area contributed by atoms with Crippen LogP contribution in [0.5, 0.6) is 0 Å². The number of nitrogens with zero attached hydrogens (tertiary/aromatic N) is 3. The van der Waals surface area contributed by atoms with E-state index in [-0.39, 0.29) is 30.5 Å². The van der Waals surface area contributed by atoms with Gasteiger partial charge >= 0.3 is 6.18 Å². The highest BCUT2D eigenvalue weighted by atomic mass is 127. The van der Waals surface area contributed by atoms with Gasteiger partial charge in [0.25, 0.3) is 0 Å². The zero-order valence-corrected chi connectivity index (χ0v) is 18.9. The molecule has 1 aromatic rings. The lowest BCUT2D eigenvalue weighted by atomic mass is 10.1. The van der Waals surface area contributed by atoms with Crippen molar-refractivity contribution in [3.05, 3.63) is 17.5 Å². The van der Waals surface area contributed by atoms with Crippen LogP contribution in [0.2, 0.25) is 0 Å². The summed E-state index contributed by atoms with van der Waals surface area (Å²) in [6.45, 7) is 4.37. The molecule has 0 aromatic carbocycles. The zero-order chi connectivity index (χ0) is 19.0. The zero-order valence-electron chi connectivity index (χ0n) is 15.8. The van der Waals surface area contributed by atoms with Gasteiger partial charge in [0.1, 0.15) is 0 Å². The molecule has 1 fully saturated rings. The molecule has 0 radical (unpaired) electrons. The van der Waals surface area contributed by atoms with E-state index in [0.717, 1.165) is 32.5 Å². The number of hydrogen-bond acceptors (Lipinski definition) is 4. The molecule has 2 rings (SSSR count). The van der Waals surface area contributed by atoms with E-state index in [4.69, 9.17) is 0 Å². The second-order valence-electron chi connectivity index (χ2n) is 6.47. The number of rotatable bonds is 7. The van der Waals surface area contributed by atoms with Gasteiger partial charge in [0.05, 0.1) is 18.1 Å². The van der Waals surface area contributed by atoms with Crippen LogP contribution < -0.4 is 15.5 Å². The second kappa shape index (κ2) is 11.9. The highest BCUT2D eigenvalue weighted by Gasteiger charge is 2.28. The average molecular weight is 519 g/mol. The molecule has 0 amide bonds. The molecule has 1 saturated heterocycles. The third-order valence-electron chi connectivity index (χ3n) is 4.20. The predicted molar refractivity (Wildman–Crippen MR) is 118 cm³/mol. The molecule has 0 aliphatic carbocycles. The largest absolute Gasteiger partial charge is 0.401 e. The van der Waals surface area contributed by atoms with Crippen LogP contribution in [0.15, 0.2) is 22.5 Å². The van der Waals surface area contributed by atoms with Gasteiger partial charge in [-0.15, -0.1) is 35.3 Å². The minimum Gasteiger partial charge on any atom is -0.363 e. The summed E-state index contributed by atoms with van der Waals surface area (Å²) in [5.41, 5.74) is 0. The molecule has 0 saturated carbocycles. The summed E-state index contributed by atoms with van der Waals surface area (Å²) in [5, 5.41) is 9.99. The summed E-state index contributed by atoms with van der Waals surface area (Å²) < 4.78 is 37.0. The molecule has 1 aliphatic heterocycles. The minimum atomic E-state index is -4.17. The molecule has 156 valence electrons. The molecule has 0 atom stereocenters. The topological polar surface area (TPSA) is 42.9 Å². The van der Waals surface area contributed by atoms with Crippen molar-refractivity contribution in [3.63, 3.8) is 0 Å².